The van der Waals surface area contributed by atoms with Crippen molar-refractivity contribution < 1.29 is 18.3 Å². The van der Waals surface area contributed by atoms with Crippen LogP contribution in [-0.4, -0.2) is 10.1 Å². The van der Waals surface area contributed by atoms with Crippen LogP contribution >= 0.6 is 0 Å². The summed E-state index contributed by atoms with van der Waals surface area (Å²) in [5.41, 5.74) is 0.788. The summed E-state index contributed by atoms with van der Waals surface area (Å²) in [7, 11) is 0. The SMILES string of the molecule is OCc1cc(C(F)(F)F)ccc1-c1ccncc1. The van der Waals surface area contributed by atoms with Gasteiger partial charge in [-0.2, -0.15) is 13.2 Å². The quantitative estimate of drug-likeness (QED) is 0.891. The molecule has 0 fully saturated rings. The second kappa shape index (κ2) is 4.78. The Labute approximate surface area is 102 Å². The molecule has 0 aliphatic rings. The minimum absolute atomic E-state index is 0.246. The summed E-state index contributed by atoms with van der Waals surface area (Å²) in [5, 5.41) is 9.19. The largest absolute Gasteiger partial charge is 0.416 e. The van der Waals surface area contributed by atoms with Crippen LogP contribution in [0.15, 0.2) is 42.7 Å². The maximum absolute atomic E-state index is 12.5. The van der Waals surface area contributed by atoms with Crippen molar-refractivity contribution in [1.82, 2.24) is 4.98 Å². The summed E-state index contributed by atoms with van der Waals surface area (Å²) >= 11 is 0. The Bertz CT molecular complexity index is 538. The lowest BCUT2D eigenvalue weighted by atomic mass is 9.98. The molecule has 1 aromatic carbocycles. The van der Waals surface area contributed by atoms with Gasteiger partial charge in [0.15, 0.2) is 0 Å². The van der Waals surface area contributed by atoms with Crippen LogP contribution in [-0.2, 0) is 12.8 Å². The van der Waals surface area contributed by atoms with Gasteiger partial charge < -0.3 is 5.11 Å². The molecule has 1 heterocycles. The van der Waals surface area contributed by atoms with E-state index in [2.05, 4.69) is 4.98 Å². The van der Waals surface area contributed by atoms with Crippen molar-refractivity contribution in [3.05, 3.63) is 53.9 Å². The summed E-state index contributed by atoms with van der Waals surface area (Å²) in [5.74, 6) is 0. The van der Waals surface area contributed by atoms with Crippen LogP contribution in [0.1, 0.15) is 11.1 Å². The fourth-order valence-corrected chi connectivity index (χ4v) is 1.71. The highest BCUT2D eigenvalue weighted by atomic mass is 19.4. The van der Waals surface area contributed by atoms with Gasteiger partial charge in [-0.1, -0.05) is 6.07 Å². The zero-order valence-corrected chi connectivity index (χ0v) is 9.28. The Morgan fingerprint density at radius 1 is 1.06 bits per heavy atom. The molecule has 0 saturated carbocycles. The monoisotopic (exact) mass is 253 g/mol. The van der Waals surface area contributed by atoms with E-state index in [1.54, 1.807) is 24.5 Å². The first-order valence-corrected chi connectivity index (χ1v) is 5.24. The average molecular weight is 253 g/mol. The van der Waals surface area contributed by atoms with Gasteiger partial charge in [-0.05, 0) is 41.0 Å². The first-order valence-electron chi connectivity index (χ1n) is 5.24. The van der Waals surface area contributed by atoms with Gasteiger partial charge in [-0.15, -0.1) is 0 Å². The minimum atomic E-state index is -4.40. The van der Waals surface area contributed by atoms with Gasteiger partial charge in [0.05, 0.1) is 12.2 Å². The standard InChI is InChI=1S/C13H10F3NO/c14-13(15,16)11-1-2-12(10(7-11)8-18)9-3-5-17-6-4-9/h1-7,18H,8H2. The fourth-order valence-electron chi connectivity index (χ4n) is 1.71. The van der Waals surface area contributed by atoms with Crippen molar-refractivity contribution in [2.75, 3.05) is 0 Å². The molecule has 18 heavy (non-hydrogen) atoms. The number of benzene rings is 1. The summed E-state index contributed by atoms with van der Waals surface area (Å²) in [6, 6.07) is 6.71. The smallest absolute Gasteiger partial charge is 0.392 e. The highest BCUT2D eigenvalue weighted by molar-refractivity contribution is 5.67. The predicted molar refractivity (Wildman–Crippen MR) is 60.6 cm³/mol. The van der Waals surface area contributed by atoms with Gasteiger partial charge in [0.2, 0.25) is 0 Å². The number of aliphatic hydroxyl groups excluding tert-OH is 1. The average Bonchev–Trinajstić information content (AvgIpc) is 2.38. The van der Waals surface area contributed by atoms with E-state index in [-0.39, 0.29) is 5.56 Å². The van der Waals surface area contributed by atoms with Gasteiger partial charge in [-0.3, -0.25) is 4.98 Å². The van der Waals surface area contributed by atoms with Crippen LogP contribution in [0.25, 0.3) is 11.1 Å². The third-order valence-corrected chi connectivity index (χ3v) is 2.59. The van der Waals surface area contributed by atoms with E-state index in [4.69, 9.17) is 0 Å². The molecular formula is C13H10F3NO. The summed E-state index contributed by atoms with van der Waals surface area (Å²) in [6.45, 7) is -0.443. The number of hydrogen-bond donors (Lipinski definition) is 1. The van der Waals surface area contributed by atoms with Crippen molar-refractivity contribution in [2.45, 2.75) is 12.8 Å². The molecular weight excluding hydrogens is 243 g/mol. The molecule has 0 unspecified atom stereocenters. The molecule has 0 aliphatic heterocycles. The first-order chi connectivity index (χ1) is 8.52. The predicted octanol–water partition coefficient (Wildman–Crippen LogP) is 3.26. The summed E-state index contributed by atoms with van der Waals surface area (Å²) < 4.78 is 37.6. The van der Waals surface area contributed by atoms with Crippen molar-refractivity contribution >= 4 is 0 Å². The van der Waals surface area contributed by atoms with E-state index in [0.717, 1.165) is 17.7 Å². The second-order valence-electron chi connectivity index (χ2n) is 3.76. The molecule has 0 spiro atoms. The number of halogens is 3. The van der Waals surface area contributed by atoms with E-state index in [1.165, 1.54) is 6.07 Å². The first kappa shape index (κ1) is 12.6. The number of nitrogens with zero attached hydrogens (tertiary/aromatic N) is 1. The van der Waals surface area contributed by atoms with E-state index in [1.807, 2.05) is 0 Å². The van der Waals surface area contributed by atoms with Crippen molar-refractivity contribution in [3.8, 4) is 11.1 Å². The molecule has 0 saturated heterocycles. The lowest BCUT2D eigenvalue weighted by Gasteiger charge is -2.12. The van der Waals surface area contributed by atoms with Crippen LogP contribution in [0.3, 0.4) is 0 Å². The number of aromatic nitrogens is 1. The lowest BCUT2D eigenvalue weighted by Crippen LogP contribution is -2.06. The van der Waals surface area contributed by atoms with Crippen LogP contribution in [0.5, 0.6) is 0 Å². The molecule has 0 radical (unpaired) electrons. The van der Waals surface area contributed by atoms with Gasteiger partial charge in [0.1, 0.15) is 0 Å². The molecule has 1 aromatic heterocycles. The number of rotatable bonds is 2. The normalized spacial score (nSPS) is 11.6. The Morgan fingerprint density at radius 3 is 2.28 bits per heavy atom. The molecule has 2 aromatic rings. The summed E-state index contributed by atoms with van der Waals surface area (Å²) in [4.78, 5) is 3.84. The number of aliphatic hydroxyl groups is 1. The zero-order valence-electron chi connectivity index (χ0n) is 9.28. The van der Waals surface area contributed by atoms with Crippen LogP contribution in [0.4, 0.5) is 13.2 Å². The van der Waals surface area contributed by atoms with Gasteiger partial charge in [-0.25, -0.2) is 0 Å². The minimum Gasteiger partial charge on any atom is -0.392 e. The second-order valence-corrected chi connectivity index (χ2v) is 3.76. The van der Waals surface area contributed by atoms with Crippen LogP contribution in [0, 0.1) is 0 Å². The molecule has 0 atom stereocenters. The maximum Gasteiger partial charge on any atom is 0.416 e. The topological polar surface area (TPSA) is 33.1 Å². The molecule has 2 rings (SSSR count). The molecule has 0 aliphatic carbocycles. The van der Waals surface area contributed by atoms with E-state index in [0.29, 0.717) is 5.56 Å². The third kappa shape index (κ3) is 2.51. The Balaban J connectivity index is 2.51. The van der Waals surface area contributed by atoms with E-state index < -0.39 is 18.3 Å². The van der Waals surface area contributed by atoms with Gasteiger partial charge in [0.25, 0.3) is 0 Å². The third-order valence-electron chi connectivity index (χ3n) is 2.59. The van der Waals surface area contributed by atoms with Crippen molar-refractivity contribution in [2.24, 2.45) is 0 Å². The number of pyridine rings is 1. The molecule has 5 heteroatoms. The lowest BCUT2D eigenvalue weighted by molar-refractivity contribution is -0.137. The zero-order chi connectivity index (χ0) is 13.2. The van der Waals surface area contributed by atoms with Crippen molar-refractivity contribution in [1.29, 1.82) is 0 Å². The summed E-state index contributed by atoms with van der Waals surface area (Å²) in [6.07, 6.45) is -1.30. The molecule has 94 valence electrons. The fraction of sp³-hybridized carbons (Fsp3) is 0.154. The van der Waals surface area contributed by atoms with Crippen LogP contribution < -0.4 is 0 Å². The molecule has 2 nitrogen and oxygen atoms in total. The Morgan fingerprint density at radius 2 is 1.72 bits per heavy atom. The van der Waals surface area contributed by atoms with Crippen LogP contribution in [0.2, 0.25) is 0 Å². The maximum atomic E-state index is 12.5. The highest BCUT2D eigenvalue weighted by Crippen LogP contribution is 2.33. The van der Waals surface area contributed by atoms with Crippen molar-refractivity contribution in [3.63, 3.8) is 0 Å². The van der Waals surface area contributed by atoms with E-state index >= 15 is 0 Å². The Kier molecular flexibility index (Phi) is 3.34. The Hall–Kier alpha value is -1.88. The number of alkyl halides is 3. The molecule has 1 N–H and O–H groups in total. The molecule has 0 amide bonds. The van der Waals surface area contributed by atoms with Gasteiger partial charge >= 0.3 is 6.18 Å². The number of hydrogen-bond acceptors (Lipinski definition) is 2. The van der Waals surface area contributed by atoms with Gasteiger partial charge in [0, 0.05) is 12.4 Å². The highest BCUT2D eigenvalue weighted by Gasteiger charge is 2.30. The molecule has 0 bridgehead atoms. The van der Waals surface area contributed by atoms with E-state index in [9.17, 15) is 18.3 Å².